The standard InChI is InChI=1S/C15H15N5OS2/c1-3-20-13-9-6-17-19(2)11(9)4-5-12(13)23-15(20)18-14(21)10-7-22-8-16-10/h6-8H,3-5H2,1-2H3. The van der Waals surface area contributed by atoms with Gasteiger partial charge in [-0.15, -0.1) is 22.7 Å². The lowest BCUT2D eigenvalue weighted by Crippen LogP contribution is -2.18. The molecule has 0 N–H and O–H groups in total. The molecule has 1 aliphatic rings. The molecule has 0 aliphatic heterocycles. The number of hydrogen-bond donors (Lipinski definition) is 0. The molecule has 3 heterocycles. The minimum atomic E-state index is -0.279. The summed E-state index contributed by atoms with van der Waals surface area (Å²) in [5, 5.41) is 6.12. The fourth-order valence-corrected chi connectivity index (χ4v) is 4.68. The third kappa shape index (κ3) is 2.29. The minimum Gasteiger partial charge on any atom is -0.316 e. The van der Waals surface area contributed by atoms with Crippen LogP contribution in [0.25, 0.3) is 11.3 Å². The van der Waals surface area contributed by atoms with Crippen LogP contribution in [-0.4, -0.2) is 25.2 Å². The summed E-state index contributed by atoms with van der Waals surface area (Å²) >= 11 is 3.00. The van der Waals surface area contributed by atoms with Gasteiger partial charge in [-0.25, -0.2) is 4.98 Å². The molecule has 118 valence electrons. The molecule has 3 aromatic heterocycles. The van der Waals surface area contributed by atoms with Crippen molar-refractivity contribution in [2.24, 2.45) is 12.0 Å². The Morgan fingerprint density at radius 2 is 2.30 bits per heavy atom. The van der Waals surface area contributed by atoms with Crippen LogP contribution in [0, 0.1) is 0 Å². The molecule has 0 saturated heterocycles. The number of carbonyl (C=O) groups excluding carboxylic acids is 1. The molecule has 23 heavy (non-hydrogen) atoms. The second-order valence-corrected chi connectivity index (χ2v) is 7.10. The van der Waals surface area contributed by atoms with Crippen molar-refractivity contribution in [1.29, 1.82) is 0 Å². The zero-order chi connectivity index (χ0) is 16.0. The first-order chi connectivity index (χ1) is 11.2. The summed E-state index contributed by atoms with van der Waals surface area (Å²) < 4.78 is 4.05. The zero-order valence-corrected chi connectivity index (χ0v) is 14.4. The van der Waals surface area contributed by atoms with Gasteiger partial charge < -0.3 is 4.57 Å². The number of fused-ring (bicyclic) bond motifs is 3. The van der Waals surface area contributed by atoms with E-state index in [0.29, 0.717) is 5.69 Å². The fourth-order valence-electron chi connectivity index (χ4n) is 2.95. The summed E-state index contributed by atoms with van der Waals surface area (Å²) in [6.45, 7) is 2.84. The largest absolute Gasteiger partial charge is 0.316 e. The van der Waals surface area contributed by atoms with Crippen LogP contribution in [0.5, 0.6) is 0 Å². The predicted molar refractivity (Wildman–Crippen MR) is 89.6 cm³/mol. The first-order valence-electron chi connectivity index (χ1n) is 7.40. The number of rotatable bonds is 2. The third-order valence-electron chi connectivity index (χ3n) is 4.05. The SMILES string of the molecule is CCn1c2c(sc1=NC(=O)c1cscn1)CCc1c-2cnn1C. The van der Waals surface area contributed by atoms with Crippen LogP contribution in [-0.2, 0) is 26.4 Å². The average Bonchev–Trinajstić information content (AvgIpc) is 3.25. The average molecular weight is 345 g/mol. The van der Waals surface area contributed by atoms with Gasteiger partial charge in [-0.3, -0.25) is 9.48 Å². The Morgan fingerprint density at radius 1 is 1.43 bits per heavy atom. The topological polar surface area (TPSA) is 65.1 Å². The molecule has 0 spiro atoms. The Labute approximate surface area is 140 Å². The van der Waals surface area contributed by atoms with E-state index in [2.05, 4.69) is 26.6 Å². The van der Waals surface area contributed by atoms with Crippen LogP contribution in [0.15, 0.2) is 22.1 Å². The first kappa shape index (κ1) is 14.5. The maximum absolute atomic E-state index is 12.3. The molecule has 4 rings (SSSR count). The maximum Gasteiger partial charge on any atom is 0.299 e. The Kier molecular flexibility index (Phi) is 3.50. The number of hydrogen-bond acceptors (Lipinski definition) is 5. The van der Waals surface area contributed by atoms with E-state index in [0.717, 1.165) is 35.4 Å². The van der Waals surface area contributed by atoms with E-state index in [-0.39, 0.29) is 5.91 Å². The highest BCUT2D eigenvalue weighted by Gasteiger charge is 2.25. The van der Waals surface area contributed by atoms with Gasteiger partial charge in [0.1, 0.15) is 5.69 Å². The van der Waals surface area contributed by atoms with Crippen molar-refractivity contribution < 1.29 is 4.79 Å². The molecule has 0 radical (unpaired) electrons. The Hall–Kier alpha value is -2.06. The molecule has 1 aliphatic carbocycles. The molecular weight excluding hydrogens is 330 g/mol. The van der Waals surface area contributed by atoms with Crippen molar-refractivity contribution in [3.05, 3.63) is 38.2 Å². The molecule has 1 amide bonds. The van der Waals surface area contributed by atoms with Gasteiger partial charge in [0.05, 0.1) is 17.4 Å². The van der Waals surface area contributed by atoms with E-state index in [9.17, 15) is 4.79 Å². The summed E-state index contributed by atoms with van der Waals surface area (Å²) in [4.78, 5) is 22.6. The molecule has 0 aromatic carbocycles. The first-order valence-corrected chi connectivity index (χ1v) is 9.16. The molecule has 0 saturated carbocycles. The van der Waals surface area contributed by atoms with Crippen LogP contribution in [0.4, 0.5) is 0 Å². The maximum atomic E-state index is 12.3. The van der Waals surface area contributed by atoms with Crippen LogP contribution in [0.3, 0.4) is 0 Å². The minimum absolute atomic E-state index is 0.279. The van der Waals surface area contributed by atoms with E-state index < -0.39 is 0 Å². The number of aryl methyl sites for hydroxylation is 2. The van der Waals surface area contributed by atoms with Crippen LogP contribution in [0.1, 0.15) is 28.0 Å². The quantitative estimate of drug-likeness (QED) is 0.716. The Bertz CT molecular complexity index is 945. The molecular formula is C15H15N5OS2. The normalized spacial score (nSPS) is 13.9. The third-order valence-corrected chi connectivity index (χ3v) is 5.77. The molecule has 0 unspecified atom stereocenters. The van der Waals surface area contributed by atoms with Crippen LogP contribution < -0.4 is 4.80 Å². The van der Waals surface area contributed by atoms with E-state index in [1.165, 1.54) is 21.9 Å². The molecule has 0 bridgehead atoms. The van der Waals surface area contributed by atoms with Gasteiger partial charge >= 0.3 is 0 Å². The van der Waals surface area contributed by atoms with Crippen molar-refractivity contribution >= 4 is 28.6 Å². The number of nitrogens with zero attached hydrogens (tertiary/aromatic N) is 5. The summed E-state index contributed by atoms with van der Waals surface area (Å²) in [5.74, 6) is -0.279. The van der Waals surface area contributed by atoms with E-state index in [1.807, 2.05) is 17.9 Å². The number of carbonyl (C=O) groups is 1. The van der Waals surface area contributed by atoms with Crippen molar-refractivity contribution in [1.82, 2.24) is 19.3 Å². The highest BCUT2D eigenvalue weighted by Crippen LogP contribution is 2.34. The molecule has 6 nitrogen and oxygen atoms in total. The lowest BCUT2D eigenvalue weighted by molar-refractivity contribution is 0.0994. The van der Waals surface area contributed by atoms with Crippen LogP contribution in [0.2, 0.25) is 0 Å². The fraction of sp³-hybridized carbons (Fsp3) is 0.333. The predicted octanol–water partition coefficient (Wildman–Crippen LogP) is 2.27. The zero-order valence-electron chi connectivity index (χ0n) is 12.8. The lowest BCUT2D eigenvalue weighted by Gasteiger charge is -2.15. The van der Waals surface area contributed by atoms with Crippen molar-refractivity contribution in [2.75, 3.05) is 0 Å². The van der Waals surface area contributed by atoms with E-state index >= 15 is 0 Å². The van der Waals surface area contributed by atoms with Crippen molar-refractivity contribution in [3.63, 3.8) is 0 Å². The van der Waals surface area contributed by atoms with Gasteiger partial charge in [0.15, 0.2) is 4.80 Å². The van der Waals surface area contributed by atoms with Crippen molar-refractivity contribution in [3.8, 4) is 11.3 Å². The van der Waals surface area contributed by atoms with E-state index in [4.69, 9.17) is 0 Å². The molecule has 3 aromatic rings. The summed E-state index contributed by atoms with van der Waals surface area (Å²) in [6, 6.07) is 0. The van der Waals surface area contributed by atoms with Gasteiger partial charge in [-0.05, 0) is 19.8 Å². The number of thiazole rings is 2. The van der Waals surface area contributed by atoms with Gasteiger partial charge in [-0.1, -0.05) is 0 Å². The van der Waals surface area contributed by atoms with Gasteiger partial charge in [0, 0.05) is 35.1 Å². The van der Waals surface area contributed by atoms with Gasteiger partial charge in [0.25, 0.3) is 5.91 Å². The number of aromatic nitrogens is 4. The highest BCUT2D eigenvalue weighted by molar-refractivity contribution is 7.09. The summed E-state index contributed by atoms with van der Waals surface area (Å²) in [6.07, 6.45) is 3.85. The second kappa shape index (κ2) is 5.54. The second-order valence-electron chi connectivity index (χ2n) is 5.32. The van der Waals surface area contributed by atoms with Crippen LogP contribution >= 0.6 is 22.7 Å². The smallest absolute Gasteiger partial charge is 0.299 e. The lowest BCUT2D eigenvalue weighted by atomic mass is 10.00. The van der Waals surface area contributed by atoms with E-state index in [1.54, 1.807) is 22.2 Å². The van der Waals surface area contributed by atoms with Gasteiger partial charge in [0.2, 0.25) is 0 Å². The Morgan fingerprint density at radius 3 is 3.04 bits per heavy atom. The Balaban J connectivity index is 1.89. The van der Waals surface area contributed by atoms with Gasteiger partial charge in [-0.2, -0.15) is 10.1 Å². The monoisotopic (exact) mass is 345 g/mol. The number of amides is 1. The molecule has 8 heteroatoms. The molecule has 0 fully saturated rings. The summed E-state index contributed by atoms with van der Waals surface area (Å²) in [7, 11) is 1.98. The molecule has 0 atom stereocenters. The summed E-state index contributed by atoms with van der Waals surface area (Å²) in [5.41, 5.74) is 5.63. The highest BCUT2D eigenvalue weighted by atomic mass is 32.1. The van der Waals surface area contributed by atoms with Crippen molar-refractivity contribution in [2.45, 2.75) is 26.3 Å².